The second-order valence-electron chi connectivity index (χ2n) is 5.13. The molecule has 1 amide bonds. The Hall–Kier alpha value is -1.62. The van der Waals surface area contributed by atoms with Crippen molar-refractivity contribution in [2.75, 3.05) is 13.2 Å². The molecule has 0 bridgehead atoms. The SMILES string of the molecule is CCNC(C)c1ccc(OCC(=O)NC(C)CC)cc1F. The average Bonchev–Trinajstić information content (AvgIpc) is 2.45. The Bertz CT molecular complexity index is 466. The number of nitrogens with one attached hydrogen (secondary N) is 2. The first kappa shape index (κ1) is 17.4. The normalized spacial score (nSPS) is 13.6. The molecule has 21 heavy (non-hydrogen) atoms. The van der Waals surface area contributed by atoms with Crippen LogP contribution in [0.25, 0.3) is 0 Å². The second-order valence-corrected chi connectivity index (χ2v) is 5.13. The van der Waals surface area contributed by atoms with E-state index >= 15 is 0 Å². The van der Waals surface area contributed by atoms with E-state index < -0.39 is 0 Å². The van der Waals surface area contributed by atoms with Crippen molar-refractivity contribution in [2.45, 2.75) is 46.2 Å². The summed E-state index contributed by atoms with van der Waals surface area (Å²) in [6, 6.07) is 4.74. The lowest BCUT2D eigenvalue weighted by molar-refractivity contribution is -0.123. The molecule has 0 aromatic heterocycles. The van der Waals surface area contributed by atoms with Gasteiger partial charge in [-0.25, -0.2) is 4.39 Å². The quantitative estimate of drug-likeness (QED) is 0.775. The van der Waals surface area contributed by atoms with Gasteiger partial charge in [0.2, 0.25) is 0 Å². The van der Waals surface area contributed by atoms with Gasteiger partial charge in [0.05, 0.1) is 0 Å². The molecule has 5 heteroatoms. The molecule has 2 unspecified atom stereocenters. The van der Waals surface area contributed by atoms with Gasteiger partial charge in [-0.05, 0) is 32.9 Å². The van der Waals surface area contributed by atoms with Crippen LogP contribution in [-0.2, 0) is 4.79 Å². The summed E-state index contributed by atoms with van der Waals surface area (Å²) in [6.07, 6.45) is 0.859. The predicted octanol–water partition coefficient (Wildman–Crippen LogP) is 2.79. The molecule has 0 saturated carbocycles. The Balaban J connectivity index is 2.58. The van der Waals surface area contributed by atoms with Crippen LogP contribution < -0.4 is 15.4 Å². The van der Waals surface area contributed by atoms with Gasteiger partial charge < -0.3 is 15.4 Å². The van der Waals surface area contributed by atoms with Crippen LogP contribution in [0.1, 0.15) is 45.7 Å². The third kappa shape index (κ3) is 5.71. The zero-order valence-corrected chi connectivity index (χ0v) is 13.2. The van der Waals surface area contributed by atoms with Crippen LogP contribution >= 0.6 is 0 Å². The zero-order chi connectivity index (χ0) is 15.8. The van der Waals surface area contributed by atoms with Crippen molar-refractivity contribution in [1.82, 2.24) is 10.6 Å². The predicted molar refractivity (Wildman–Crippen MR) is 81.9 cm³/mol. The molecule has 0 saturated heterocycles. The number of halogens is 1. The topological polar surface area (TPSA) is 50.4 Å². The van der Waals surface area contributed by atoms with Crippen molar-refractivity contribution < 1.29 is 13.9 Å². The highest BCUT2D eigenvalue weighted by molar-refractivity contribution is 5.77. The Morgan fingerprint density at radius 2 is 2.05 bits per heavy atom. The number of hydrogen-bond acceptors (Lipinski definition) is 3. The molecule has 0 aliphatic heterocycles. The number of hydrogen-bond donors (Lipinski definition) is 2. The van der Waals surface area contributed by atoms with Gasteiger partial charge in [-0.1, -0.05) is 19.9 Å². The van der Waals surface area contributed by atoms with Crippen LogP contribution in [0.2, 0.25) is 0 Å². The fourth-order valence-electron chi connectivity index (χ4n) is 1.93. The summed E-state index contributed by atoms with van der Waals surface area (Å²) in [7, 11) is 0. The van der Waals surface area contributed by atoms with E-state index in [2.05, 4.69) is 10.6 Å². The lowest BCUT2D eigenvalue weighted by Gasteiger charge is -2.15. The second kappa shape index (κ2) is 8.62. The summed E-state index contributed by atoms with van der Waals surface area (Å²) in [5.74, 6) is -0.169. The standard InChI is InChI=1S/C16H25FN2O2/c1-5-11(3)19-16(20)10-21-13-7-8-14(15(17)9-13)12(4)18-6-2/h7-9,11-12,18H,5-6,10H2,1-4H3,(H,19,20). The van der Waals surface area contributed by atoms with Gasteiger partial charge >= 0.3 is 0 Å². The van der Waals surface area contributed by atoms with Crippen LogP contribution in [0.5, 0.6) is 5.75 Å². The van der Waals surface area contributed by atoms with Gasteiger partial charge in [0, 0.05) is 23.7 Å². The summed E-state index contributed by atoms with van der Waals surface area (Å²) >= 11 is 0. The van der Waals surface area contributed by atoms with Crippen molar-refractivity contribution in [3.8, 4) is 5.75 Å². The summed E-state index contributed by atoms with van der Waals surface area (Å²) < 4.78 is 19.3. The fourth-order valence-corrected chi connectivity index (χ4v) is 1.93. The van der Waals surface area contributed by atoms with Crippen molar-refractivity contribution in [1.29, 1.82) is 0 Å². The number of benzene rings is 1. The largest absolute Gasteiger partial charge is 0.484 e. The van der Waals surface area contributed by atoms with E-state index in [1.807, 2.05) is 27.7 Å². The van der Waals surface area contributed by atoms with Crippen molar-refractivity contribution in [3.63, 3.8) is 0 Å². The molecule has 0 aliphatic rings. The minimum absolute atomic E-state index is 0.0576. The monoisotopic (exact) mass is 296 g/mol. The molecule has 0 radical (unpaired) electrons. The van der Waals surface area contributed by atoms with Crippen LogP contribution in [0.3, 0.4) is 0 Å². The Labute approximate surface area is 126 Å². The van der Waals surface area contributed by atoms with E-state index in [0.717, 1.165) is 13.0 Å². The van der Waals surface area contributed by atoms with Crippen molar-refractivity contribution in [2.24, 2.45) is 0 Å². The molecule has 1 aromatic rings. The first-order valence-electron chi connectivity index (χ1n) is 7.42. The van der Waals surface area contributed by atoms with Crippen LogP contribution in [-0.4, -0.2) is 25.1 Å². The minimum Gasteiger partial charge on any atom is -0.484 e. The van der Waals surface area contributed by atoms with E-state index in [4.69, 9.17) is 4.74 Å². The van der Waals surface area contributed by atoms with Crippen LogP contribution in [0, 0.1) is 5.82 Å². The van der Waals surface area contributed by atoms with E-state index in [0.29, 0.717) is 11.3 Å². The van der Waals surface area contributed by atoms with E-state index in [-0.39, 0.29) is 30.4 Å². The molecular formula is C16H25FN2O2. The first-order valence-corrected chi connectivity index (χ1v) is 7.42. The van der Waals surface area contributed by atoms with Gasteiger partial charge in [0.25, 0.3) is 5.91 Å². The number of carbonyl (C=O) groups is 1. The molecule has 1 aromatic carbocycles. The summed E-state index contributed by atoms with van der Waals surface area (Å²) in [5, 5.41) is 5.95. The van der Waals surface area contributed by atoms with Crippen molar-refractivity contribution >= 4 is 5.91 Å². The molecule has 2 atom stereocenters. The molecule has 1 rings (SSSR count). The maximum atomic E-state index is 14.0. The van der Waals surface area contributed by atoms with E-state index in [1.165, 1.54) is 6.07 Å². The number of carbonyl (C=O) groups excluding carboxylic acids is 1. The van der Waals surface area contributed by atoms with Gasteiger partial charge in [0.15, 0.2) is 6.61 Å². The van der Waals surface area contributed by atoms with E-state index in [9.17, 15) is 9.18 Å². The molecule has 0 heterocycles. The third-order valence-corrected chi connectivity index (χ3v) is 3.34. The molecule has 4 nitrogen and oxygen atoms in total. The zero-order valence-electron chi connectivity index (χ0n) is 13.2. The van der Waals surface area contributed by atoms with Gasteiger partial charge in [-0.2, -0.15) is 0 Å². The van der Waals surface area contributed by atoms with Crippen molar-refractivity contribution in [3.05, 3.63) is 29.6 Å². The van der Waals surface area contributed by atoms with E-state index in [1.54, 1.807) is 12.1 Å². The minimum atomic E-state index is -0.330. The molecule has 0 fully saturated rings. The highest BCUT2D eigenvalue weighted by atomic mass is 19.1. The average molecular weight is 296 g/mol. The molecule has 0 spiro atoms. The summed E-state index contributed by atoms with van der Waals surface area (Å²) in [5.41, 5.74) is 0.591. The van der Waals surface area contributed by atoms with Crippen LogP contribution in [0.15, 0.2) is 18.2 Å². The first-order chi connectivity index (χ1) is 9.97. The Morgan fingerprint density at radius 1 is 1.33 bits per heavy atom. The Morgan fingerprint density at radius 3 is 2.62 bits per heavy atom. The molecule has 118 valence electrons. The lowest BCUT2D eigenvalue weighted by Crippen LogP contribution is -2.35. The van der Waals surface area contributed by atoms with Gasteiger partial charge in [-0.15, -0.1) is 0 Å². The highest BCUT2D eigenvalue weighted by Crippen LogP contribution is 2.21. The summed E-state index contributed by atoms with van der Waals surface area (Å²) in [6.45, 7) is 8.46. The maximum Gasteiger partial charge on any atom is 0.258 e. The molecule has 2 N–H and O–H groups in total. The van der Waals surface area contributed by atoms with Gasteiger partial charge in [0.1, 0.15) is 11.6 Å². The van der Waals surface area contributed by atoms with Crippen LogP contribution in [0.4, 0.5) is 4.39 Å². The van der Waals surface area contributed by atoms with Gasteiger partial charge in [-0.3, -0.25) is 4.79 Å². The Kier molecular flexibility index (Phi) is 7.15. The summed E-state index contributed by atoms with van der Waals surface area (Å²) in [4.78, 5) is 11.6. The fraction of sp³-hybridized carbons (Fsp3) is 0.562. The highest BCUT2D eigenvalue weighted by Gasteiger charge is 2.12. The molecular weight excluding hydrogens is 271 g/mol. The third-order valence-electron chi connectivity index (χ3n) is 3.34. The number of ether oxygens (including phenoxy) is 1. The maximum absolute atomic E-state index is 14.0. The lowest BCUT2D eigenvalue weighted by atomic mass is 10.1. The molecule has 0 aliphatic carbocycles. The smallest absolute Gasteiger partial charge is 0.258 e. The number of rotatable bonds is 8. The number of amides is 1.